The molecule has 0 radical (unpaired) electrons. The van der Waals surface area contributed by atoms with Crippen LogP contribution < -0.4 is 0 Å². The highest BCUT2D eigenvalue weighted by Gasteiger charge is 2.28. The molecule has 0 saturated carbocycles. The second-order valence-corrected chi connectivity index (χ2v) is 4.52. The smallest absolute Gasteiger partial charge is 0.410 e. The Balaban J connectivity index is 2.55. The maximum Gasteiger partial charge on any atom is 0.410 e. The van der Waals surface area contributed by atoms with Crippen LogP contribution in [-0.2, 0) is 4.74 Å². The minimum atomic E-state index is -1.68. The van der Waals surface area contributed by atoms with Crippen LogP contribution in [0.4, 0.5) is 13.6 Å². The lowest BCUT2D eigenvalue weighted by Crippen LogP contribution is -2.34. The van der Waals surface area contributed by atoms with E-state index in [4.69, 9.17) is 4.74 Å². The van der Waals surface area contributed by atoms with Gasteiger partial charge in [-0.2, -0.15) is 8.78 Å². The van der Waals surface area contributed by atoms with E-state index in [9.17, 15) is 13.6 Å². The largest absolute Gasteiger partial charge is 0.444 e. The van der Waals surface area contributed by atoms with E-state index >= 15 is 0 Å². The Labute approximate surface area is 87.7 Å². The second kappa shape index (κ2) is 4.16. The van der Waals surface area contributed by atoms with Crippen LogP contribution in [0, 0.1) is 0 Å². The van der Waals surface area contributed by atoms with Gasteiger partial charge in [0, 0.05) is 12.1 Å². The van der Waals surface area contributed by atoms with Gasteiger partial charge in [-0.3, -0.25) is 0 Å². The Morgan fingerprint density at radius 3 is 2.40 bits per heavy atom. The van der Waals surface area contributed by atoms with Crippen LogP contribution in [-0.4, -0.2) is 29.7 Å². The number of ether oxygens (including phenoxy) is 1. The number of hydrogen-bond donors (Lipinski definition) is 0. The van der Waals surface area contributed by atoms with Crippen LogP contribution in [0.1, 0.15) is 27.2 Å². The number of rotatable bonds is 0. The lowest BCUT2D eigenvalue weighted by molar-refractivity contribution is 0.0299. The average molecular weight is 219 g/mol. The molecule has 0 aliphatic carbocycles. The topological polar surface area (TPSA) is 29.5 Å². The number of carbonyl (C=O) groups excluding carboxylic acids is 1. The molecule has 1 saturated heterocycles. The van der Waals surface area contributed by atoms with Gasteiger partial charge in [-0.25, -0.2) is 4.79 Å². The standard InChI is InChI=1S/C10H15F2NO2/c1-10(2,3)15-9(14)13-5-4-7(6-13)8(11)12/h4-6H2,1-3H3. The molecule has 5 heteroatoms. The lowest BCUT2D eigenvalue weighted by Gasteiger charge is -2.23. The third-order valence-electron chi connectivity index (χ3n) is 1.98. The molecule has 0 bridgehead atoms. The maximum atomic E-state index is 12.2. The van der Waals surface area contributed by atoms with Gasteiger partial charge in [0.2, 0.25) is 0 Å². The summed E-state index contributed by atoms with van der Waals surface area (Å²) in [4.78, 5) is 12.8. The molecule has 0 spiro atoms. The summed E-state index contributed by atoms with van der Waals surface area (Å²) in [5.74, 6) is 0. The predicted molar refractivity (Wildman–Crippen MR) is 51.7 cm³/mol. The Morgan fingerprint density at radius 1 is 1.40 bits per heavy atom. The summed E-state index contributed by atoms with van der Waals surface area (Å²) in [6, 6.07) is 0. The van der Waals surface area contributed by atoms with Crippen molar-refractivity contribution in [1.82, 2.24) is 4.90 Å². The van der Waals surface area contributed by atoms with Crippen LogP contribution >= 0.6 is 0 Å². The molecular formula is C10H15F2NO2. The van der Waals surface area contributed by atoms with E-state index in [1.807, 2.05) is 0 Å². The normalized spacial score (nSPS) is 16.9. The van der Waals surface area contributed by atoms with E-state index in [2.05, 4.69) is 0 Å². The third-order valence-corrected chi connectivity index (χ3v) is 1.98. The molecule has 0 unspecified atom stereocenters. The number of nitrogens with zero attached hydrogens (tertiary/aromatic N) is 1. The van der Waals surface area contributed by atoms with Gasteiger partial charge in [0.15, 0.2) is 0 Å². The molecule has 15 heavy (non-hydrogen) atoms. The van der Waals surface area contributed by atoms with Crippen molar-refractivity contribution in [2.75, 3.05) is 13.1 Å². The van der Waals surface area contributed by atoms with Crippen LogP contribution in [0.25, 0.3) is 0 Å². The first-order valence-corrected chi connectivity index (χ1v) is 4.80. The summed E-state index contributed by atoms with van der Waals surface area (Å²) in [5, 5.41) is 0. The molecule has 1 rings (SSSR count). The van der Waals surface area contributed by atoms with Crippen LogP contribution in [0.2, 0.25) is 0 Å². The van der Waals surface area contributed by atoms with Crippen molar-refractivity contribution in [2.45, 2.75) is 32.8 Å². The molecule has 0 aromatic carbocycles. The van der Waals surface area contributed by atoms with Crippen molar-refractivity contribution < 1.29 is 18.3 Å². The highest BCUT2D eigenvalue weighted by molar-refractivity contribution is 5.69. The zero-order valence-electron chi connectivity index (χ0n) is 9.14. The van der Waals surface area contributed by atoms with E-state index in [0.29, 0.717) is 6.54 Å². The molecule has 86 valence electrons. The van der Waals surface area contributed by atoms with Crippen LogP contribution in [0.5, 0.6) is 0 Å². The zero-order chi connectivity index (χ0) is 11.6. The fraction of sp³-hybridized carbons (Fsp3) is 0.700. The zero-order valence-corrected chi connectivity index (χ0v) is 9.14. The quantitative estimate of drug-likeness (QED) is 0.627. The molecule has 1 aliphatic heterocycles. The first kappa shape index (κ1) is 11.9. The Bertz CT molecular complexity index is 290. The van der Waals surface area contributed by atoms with Crippen LogP contribution in [0.15, 0.2) is 11.7 Å². The SMILES string of the molecule is CC(C)(C)OC(=O)N1CCC(=C(F)F)C1. The van der Waals surface area contributed by atoms with E-state index in [1.54, 1.807) is 20.8 Å². The van der Waals surface area contributed by atoms with Crippen molar-refractivity contribution in [3.63, 3.8) is 0 Å². The number of likely N-dealkylation sites (tertiary alicyclic amines) is 1. The average Bonchev–Trinajstić information content (AvgIpc) is 2.47. The van der Waals surface area contributed by atoms with Crippen LogP contribution in [0.3, 0.4) is 0 Å². The predicted octanol–water partition coefficient (Wildman–Crippen LogP) is 2.78. The highest BCUT2D eigenvalue weighted by atomic mass is 19.3. The van der Waals surface area contributed by atoms with Gasteiger partial charge in [-0.05, 0) is 27.2 Å². The van der Waals surface area contributed by atoms with Gasteiger partial charge < -0.3 is 9.64 Å². The molecular weight excluding hydrogens is 204 g/mol. The lowest BCUT2D eigenvalue weighted by atomic mass is 10.2. The number of halogens is 2. The number of carbonyl (C=O) groups is 1. The van der Waals surface area contributed by atoms with Crippen molar-refractivity contribution in [3.05, 3.63) is 11.7 Å². The Kier molecular flexibility index (Phi) is 3.31. The number of amides is 1. The van der Waals surface area contributed by atoms with Gasteiger partial charge in [0.05, 0.1) is 6.54 Å². The van der Waals surface area contributed by atoms with Gasteiger partial charge in [0.25, 0.3) is 6.08 Å². The first-order chi connectivity index (χ1) is 6.79. The summed E-state index contributed by atoms with van der Waals surface area (Å²) in [6.07, 6.45) is -1.97. The highest BCUT2D eigenvalue weighted by Crippen LogP contribution is 2.22. The molecule has 1 amide bonds. The van der Waals surface area contributed by atoms with Gasteiger partial charge in [-0.1, -0.05) is 0 Å². The number of hydrogen-bond acceptors (Lipinski definition) is 2. The van der Waals surface area contributed by atoms with Crippen molar-refractivity contribution in [3.8, 4) is 0 Å². The molecule has 1 fully saturated rings. The monoisotopic (exact) mass is 219 g/mol. The Hall–Kier alpha value is -1.13. The summed E-state index contributed by atoms with van der Waals surface area (Å²) in [6.45, 7) is 5.52. The van der Waals surface area contributed by atoms with Crippen molar-refractivity contribution in [1.29, 1.82) is 0 Å². The van der Waals surface area contributed by atoms with E-state index in [-0.39, 0.29) is 18.5 Å². The van der Waals surface area contributed by atoms with E-state index < -0.39 is 17.8 Å². The fourth-order valence-electron chi connectivity index (χ4n) is 1.29. The van der Waals surface area contributed by atoms with Gasteiger partial charge in [0.1, 0.15) is 5.60 Å². The first-order valence-electron chi connectivity index (χ1n) is 4.80. The van der Waals surface area contributed by atoms with E-state index in [1.165, 1.54) is 4.90 Å². The van der Waals surface area contributed by atoms with E-state index in [0.717, 1.165) is 0 Å². The maximum absolute atomic E-state index is 12.2. The molecule has 1 heterocycles. The summed E-state index contributed by atoms with van der Waals surface area (Å²) < 4.78 is 29.5. The van der Waals surface area contributed by atoms with Gasteiger partial charge >= 0.3 is 6.09 Å². The molecule has 0 aromatic heterocycles. The molecule has 1 aliphatic rings. The fourth-order valence-corrected chi connectivity index (χ4v) is 1.29. The Morgan fingerprint density at radius 2 is 2.00 bits per heavy atom. The summed E-state index contributed by atoms with van der Waals surface area (Å²) in [7, 11) is 0. The minimum absolute atomic E-state index is 0.0166. The molecule has 0 N–H and O–H groups in total. The van der Waals surface area contributed by atoms with Crippen molar-refractivity contribution >= 4 is 6.09 Å². The van der Waals surface area contributed by atoms with Gasteiger partial charge in [-0.15, -0.1) is 0 Å². The molecule has 0 atom stereocenters. The second-order valence-electron chi connectivity index (χ2n) is 4.52. The molecule has 0 aromatic rings. The summed E-state index contributed by atoms with van der Waals surface area (Å²) in [5.41, 5.74) is -0.557. The summed E-state index contributed by atoms with van der Waals surface area (Å²) >= 11 is 0. The minimum Gasteiger partial charge on any atom is -0.444 e. The molecule has 3 nitrogen and oxygen atoms in total. The van der Waals surface area contributed by atoms with Crippen molar-refractivity contribution in [2.24, 2.45) is 0 Å². The third kappa shape index (κ3) is 3.49.